The van der Waals surface area contributed by atoms with Crippen molar-refractivity contribution in [3.63, 3.8) is 0 Å². The van der Waals surface area contributed by atoms with E-state index in [-0.39, 0.29) is 0 Å². The second-order valence-electron chi connectivity index (χ2n) is 3.62. The van der Waals surface area contributed by atoms with Gasteiger partial charge in [0.25, 0.3) is 0 Å². The van der Waals surface area contributed by atoms with Crippen molar-refractivity contribution in [2.75, 3.05) is 13.1 Å². The van der Waals surface area contributed by atoms with Crippen LogP contribution in [0.25, 0.3) is 4.96 Å². The molecule has 5 nitrogen and oxygen atoms in total. The van der Waals surface area contributed by atoms with E-state index in [0.29, 0.717) is 0 Å². The molecule has 1 unspecified atom stereocenters. The van der Waals surface area contributed by atoms with E-state index in [2.05, 4.69) is 20.6 Å². The molecule has 0 radical (unpaired) electrons. The van der Waals surface area contributed by atoms with E-state index in [4.69, 9.17) is 0 Å². The molecule has 3 rings (SSSR count). The van der Waals surface area contributed by atoms with Crippen LogP contribution in [0.5, 0.6) is 0 Å². The first-order chi connectivity index (χ1) is 6.92. The van der Waals surface area contributed by atoms with Crippen LogP contribution in [-0.2, 0) is 6.42 Å². The lowest BCUT2D eigenvalue weighted by atomic mass is 10.1. The van der Waals surface area contributed by atoms with E-state index in [9.17, 15) is 0 Å². The molecule has 0 aromatic carbocycles. The summed E-state index contributed by atoms with van der Waals surface area (Å²) in [4.78, 5) is 0.894. The van der Waals surface area contributed by atoms with Gasteiger partial charge in [0.1, 0.15) is 11.3 Å². The Balaban J connectivity index is 1.80. The van der Waals surface area contributed by atoms with Crippen molar-refractivity contribution in [2.45, 2.75) is 12.8 Å². The summed E-state index contributed by atoms with van der Waals surface area (Å²) in [6, 6.07) is 0. The fourth-order valence-electron chi connectivity index (χ4n) is 1.82. The lowest BCUT2D eigenvalue weighted by Gasteiger charge is -2.02. The molecule has 1 aliphatic heterocycles. The first-order valence-corrected chi connectivity index (χ1v) is 5.60. The average Bonchev–Trinajstić information content (AvgIpc) is 2.78. The van der Waals surface area contributed by atoms with Crippen LogP contribution >= 0.6 is 11.3 Å². The highest BCUT2D eigenvalue weighted by molar-refractivity contribution is 7.16. The van der Waals surface area contributed by atoms with Gasteiger partial charge < -0.3 is 5.32 Å². The Bertz CT molecular complexity index is 399. The quantitative estimate of drug-likeness (QED) is 0.775. The second-order valence-corrected chi connectivity index (χ2v) is 4.66. The van der Waals surface area contributed by atoms with Crippen LogP contribution in [0.2, 0.25) is 0 Å². The lowest BCUT2D eigenvalue weighted by molar-refractivity contribution is 0.573. The van der Waals surface area contributed by atoms with Gasteiger partial charge in [-0.25, -0.2) is 0 Å². The summed E-state index contributed by atoms with van der Waals surface area (Å²) in [5.74, 6) is 0.749. The Morgan fingerprint density at radius 2 is 2.64 bits per heavy atom. The van der Waals surface area contributed by atoms with Gasteiger partial charge in [-0.1, -0.05) is 11.3 Å². The van der Waals surface area contributed by atoms with Gasteiger partial charge in [0, 0.05) is 6.42 Å². The average molecular weight is 209 g/mol. The highest BCUT2D eigenvalue weighted by atomic mass is 32.1. The summed E-state index contributed by atoms with van der Waals surface area (Å²) < 4.78 is 1.75. The van der Waals surface area contributed by atoms with E-state index >= 15 is 0 Å². The molecule has 2 aromatic rings. The second kappa shape index (κ2) is 3.29. The van der Waals surface area contributed by atoms with Crippen LogP contribution in [0, 0.1) is 5.92 Å². The first kappa shape index (κ1) is 8.31. The third-order valence-corrected chi connectivity index (χ3v) is 3.49. The van der Waals surface area contributed by atoms with Gasteiger partial charge in [-0.15, -0.1) is 10.2 Å². The zero-order valence-corrected chi connectivity index (χ0v) is 8.50. The van der Waals surface area contributed by atoms with Crippen LogP contribution in [0.15, 0.2) is 6.33 Å². The summed E-state index contributed by atoms with van der Waals surface area (Å²) in [6.07, 6.45) is 3.99. The number of fused-ring (bicyclic) bond motifs is 1. The van der Waals surface area contributed by atoms with Crippen LogP contribution in [0.4, 0.5) is 0 Å². The summed E-state index contributed by atoms with van der Waals surface area (Å²) in [5, 5.41) is 16.7. The smallest absolute Gasteiger partial charge is 0.234 e. The number of hydrogen-bond donors (Lipinski definition) is 1. The van der Waals surface area contributed by atoms with Crippen molar-refractivity contribution >= 4 is 16.3 Å². The maximum atomic E-state index is 4.42. The molecule has 6 heteroatoms. The van der Waals surface area contributed by atoms with Crippen molar-refractivity contribution in [2.24, 2.45) is 5.92 Å². The molecule has 1 saturated heterocycles. The molecule has 14 heavy (non-hydrogen) atoms. The summed E-state index contributed by atoms with van der Waals surface area (Å²) in [7, 11) is 0. The number of rotatable bonds is 2. The molecule has 0 aliphatic carbocycles. The SMILES string of the molecule is c1nnc2sc(CC3CCNC3)nn12. The minimum absolute atomic E-state index is 0.749. The predicted molar refractivity (Wildman–Crippen MR) is 53.3 cm³/mol. The van der Waals surface area contributed by atoms with Gasteiger partial charge in [-0.05, 0) is 25.4 Å². The Hall–Kier alpha value is -1.01. The minimum atomic E-state index is 0.749. The largest absolute Gasteiger partial charge is 0.316 e. The fourth-order valence-corrected chi connectivity index (χ4v) is 2.75. The molecule has 1 fully saturated rings. The van der Waals surface area contributed by atoms with Crippen LogP contribution in [-0.4, -0.2) is 32.9 Å². The molecule has 0 bridgehead atoms. The molecule has 74 valence electrons. The maximum absolute atomic E-state index is 4.42. The summed E-state index contributed by atoms with van der Waals surface area (Å²) in [6.45, 7) is 2.27. The number of nitrogens with one attached hydrogen (secondary N) is 1. The van der Waals surface area contributed by atoms with Crippen molar-refractivity contribution in [3.05, 3.63) is 11.3 Å². The molecule has 0 spiro atoms. The van der Waals surface area contributed by atoms with Gasteiger partial charge in [0.2, 0.25) is 4.96 Å². The molecule has 1 aliphatic rings. The molecule has 0 saturated carbocycles. The zero-order valence-electron chi connectivity index (χ0n) is 7.68. The predicted octanol–water partition coefficient (Wildman–Crippen LogP) is 0.338. The normalized spacial score (nSPS) is 22.1. The standard InChI is InChI=1S/C8H11N5S/c1-2-9-4-6(1)3-7-12-13-5-10-11-8(13)14-7/h5-6,9H,1-4H2. The first-order valence-electron chi connectivity index (χ1n) is 4.78. The van der Waals surface area contributed by atoms with Crippen molar-refractivity contribution in [1.29, 1.82) is 0 Å². The highest BCUT2D eigenvalue weighted by Crippen LogP contribution is 2.19. The van der Waals surface area contributed by atoms with Crippen molar-refractivity contribution < 1.29 is 0 Å². The van der Waals surface area contributed by atoms with Crippen molar-refractivity contribution in [1.82, 2.24) is 25.1 Å². The van der Waals surface area contributed by atoms with Gasteiger partial charge in [0.15, 0.2) is 0 Å². The molecule has 0 amide bonds. The molecular formula is C8H11N5S. The van der Waals surface area contributed by atoms with Crippen LogP contribution < -0.4 is 5.32 Å². The Morgan fingerprint density at radius 1 is 1.64 bits per heavy atom. The van der Waals surface area contributed by atoms with Crippen LogP contribution in [0.3, 0.4) is 0 Å². The monoisotopic (exact) mass is 209 g/mol. The summed E-state index contributed by atoms with van der Waals surface area (Å²) >= 11 is 1.64. The Morgan fingerprint density at radius 3 is 3.43 bits per heavy atom. The molecular weight excluding hydrogens is 198 g/mol. The van der Waals surface area contributed by atoms with Gasteiger partial charge >= 0.3 is 0 Å². The highest BCUT2D eigenvalue weighted by Gasteiger charge is 2.17. The third kappa shape index (κ3) is 1.40. The number of aromatic nitrogens is 4. The van der Waals surface area contributed by atoms with Gasteiger partial charge in [-0.2, -0.15) is 9.61 Å². The van der Waals surface area contributed by atoms with E-state index in [0.717, 1.165) is 30.4 Å². The topological polar surface area (TPSA) is 55.1 Å². The van der Waals surface area contributed by atoms with E-state index in [1.807, 2.05) is 0 Å². The van der Waals surface area contributed by atoms with Gasteiger partial charge in [0.05, 0.1) is 0 Å². The van der Waals surface area contributed by atoms with Gasteiger partial charge in [-0.3, -0.25) is 0 Å². The third-order valence-electron chi connectivity index (χ3n) is 2.55. The lowest BCUT2D eigenvalue weighted by Crippen LogP contribution is -2.10. The van der Waals surface area contributed by atoms with E-state index in [1.165, 1.54) is 11.4 Å². The molecule has 3 heterocycles. The van der Waals surface area contributed by atoms with E-state index in [1.54, 1.807) is 22.2 Å². The minimum Gasteiger partial charge on any atom is -0.316 e. The van der Waals surface area contributed by atoms with Crippen molar-refractivity contribution in [3.8, 4) is 0 Å². The molecule has 1 atom stereocenters. The number of hydrogen-bond acceptors (Lipinski definition) is 5. The zero-order chi connectivity index (χ0) is 9.38. The maximum Gasteiger partial charge on any atom is 0.234 e. The Kier molecular flexibility index (Phi) is 1.95. The Labute approximate surface area is 85.2 Å². The number of nitrogens with zero attached hydrogens (tertiary/aromatic N) is 4. The summed E-state index contributed by atoms with van der Waals surface area (Å²) in [5.41, 5.74) is 0. The van der Waals surface area contributed by atoms with Crippen LogP contribution in [0.1, 0.15) is 11.4 Å². The van der Waals surface area contributed by atoms with E-state index < -0.39 is 0 Å². The molecule has 2 aromatic heterocycles. The fraction of sp³-hybridized carbons (Fsp3) is 0.625. The molecule has 1 N–H and O–H groups in total.